The molecule has 33 heavy (non-hydrogen) atoms. The summed E-state index contributed by atoms with van der Waals surface area (Å²) >= 11 is 6.05. The molecule has 1 aliphatic rings. The average molecular weight is 470 g/mol. The highest BCUT2D eigenvalue weighted by molar-refractivity contribution is 6.30. The number of carbonyl (C=O) groups is 1. The minimum absolute atomic E-state index is 0.107. The lowest BCUT2D eigenvalue weighted by Gasteiger charge is -2.34. The first kappa shape index (κ1) is 23.3. The van der Waals surface area contributed by atoms with Crippen LogP contribution in [-0.4, -0.2) is 62.3 Å². The van der Waals surface area contributed by atoms with Gasteiger partial charge < -0.3 is 15.1 Å². The summed E-state index contributed by atoms with van der Waals surface area (Å²) in [5, 5.41) is 9.14. The third-order valence-electron chi connectivity index (χ3n) is 5.92. The first-order chi connectivity index (χ1) is 15.6. The second-order valence-corrected chi connectivity index (χ2v) is 10.1. The van der Waals surface area contributed by atoms with E-state index in [1.54, 1.807) is 6.92 Å². The highest BCUT2D eigenvalue weighted by Gasteiger charge is 2.25. The van der Waals surface area contributed by atoms with Crippen molar-refractivity contribution in [3.8, 4) is 0 Å². The predicted octanol–water partition coefficient (Wildman–Crippen LogP) is 4.16. The maximum absolute atomic E-state index is 11.7. The number of fused-ring (bicyclic) bond motifs is 1. The summed E-state index contributed by atoms with van der Waals surface area (Å²) in [5.74, 6) is 1.50. The van der Waals surface area contributed by atoms with Crippen LogP contribution in [0.25, 0.3) is 11.0 Å². The normalized spacial score (nSPS) is 14.9. The van der Waals surface area contributed by atoms with E-state index in [4.69, 9.17) is 26.7 Å². The molecular weight excluding hydrogens is 438 g/mol. The van der Waals surface area contributed by atoms with Gasteiger partial charge in [-0.05, 0) is 51.8 Å². The number of piperazine rings is 1. The van der Waals surface area contributed by atoms with Crippen LogP contribution >= 0.6 is 11.6 Å². The van der Waals surface area contributed by atoms with Crippen LogP contribution in [-0.2, 0) is 11.2 Å². The van der Waals surface area contributed by atoms with Gasteiger partial charge in [0, 0.05) is 49.7 Å². The Balaban J connectivity index is 1.65. The molecule has 0 saturated carbocycles. The molecule has 9 heteroatoms. The Morgan fingerprint density at radius 1 is 1.12 bits per heavy atom. The van der Waals surface area contributed by atoms with Crippen LogP contribution in [0.2, 0.25) is 5.02 Å². The van der Waals surface area contributed by atoms with Crippen molar-refractivity contribution in [2.75, 3.05) is 36.4 Å². The molecule has 0 bridgehead atoms. The van der Waals surface area contributed by atoms with Crippen molar-refractivity contribution in [3.05, 3.63) is 41.0 Å². The van der Waals surface area contributed by atoms with Crippen molar-refractivity contribution < 1.29 is 4.79 Å². The topological polar surface area (TPSA) is 79.2 Å². The Kier molecular flexibility index (Phi) is 6.47. The minimum Gasteiger partial charge on any atom is -0.363 e. The lowest BCUT2D eigenvalue weighted by molar-refractivity contribution is -0.129. The van der Waals surface area contributed by atoms with Crippen molar-refractivity contribution in [1.82, 2.24) is 24.6 Å². The Hall–Kier alpha value is -2.87. The van der Waals surface area contributed by atoms with E-state index >= 15 is 0 Å². The number of rotatable bonds is 6. The summed E-state index contributed by atoms with van der Waals surface area (Å²) in [6, 6.07) is 8.15. The number of hydrogen-bond acceptors (Lipinski definition) is 6. The van der Waals surface area contributed by atoms with Crippen molar-refractivity contribution in [1.29, 1.82) is 0 Å². The fraction of sp³-hybridized carbons (Fsp3) is 0.500. The van der Waals surface area contributed by atoms with Crippen LogP contribution in [0.4, 0.5) is 11.8 Å². The molecule has 1 amide bonds. The molecule has 2 aromatic heterocycles. The number of anilines is 2. The Morgan fingerprint density at radius 2 is 1.79 bits per heavy atom. The lowest BCUT2D eigenvalue weighted by Crippen LogP contribution is -2.48. The average Bonchev–Trinajstić information content (AvgIpc) is 3.20. The standard InChI is InChI=1S/C24H32ClN7O/c1-16(2)32-15-20-21(29-32)22(28-24(4,5)14-18-6-8-19(25)9-7-18)27-23(26-20)31-12-10-30(11-13-31)17(3)33/h6-9,15-16H,10-14H2,1-5H3,(H,26,27,28). The van der Waals surface area contributed by atoms with E-state index in [0.717, 1.165) is 28.3 Å². The molecule has 4 rings (SSSR count). The molecule has 1 N–H and O–H groups in total. The van der Waals surface area contributed by atoms with Crippen LogP contribution in [0, 0.1) is 0 Å². The van der Waals surface area contributed by atoms with Gasteiger partial charge in [0.25, 0.3) is 0 Å². The second kappa shape index (κ2) is 9.17. The molecule has 1 fully saturated rings. The molecule has 3 aromatic rings. The van der Waals surface area contributed by atoms with Gasteiger partial charge in [0.2, 0.25) is 11.9 Å². The summed E-state index contributed by atoms with van der Waals surface area (Å²) in [7, 11) is 0. The van der Waals surface area contributed by atoms with E-state index in [0.29, 0.717) is 32.1 Å². The first-order valence-corrected chi connectivity index (χ1v) is 11.8. The van der Waals surface area contributed by atoms with Gasteiger partial charge in [-0.15, -0.1) is 0 Å². The number of nitrogens with zero attached hydrogens (tertiary/aromatic N) is 6. The zero-order valence-electron chi connectivity index (χ0n) is 20.0. The Bertz CT molecular complexity index is 1130. The van der Waals surface area contributed by atoms with E-state index in [1.165, 1.54) is 5.56 Å². The van der Waals surface area contributed by atoms with Gasteiger partial charge in [-0.2, -0.15) is 10.1 Å². The van der Waals surface area contributed by atoms with Crippen molar-refractivity contribution >= 4 is 40.3 Å². The summed E-state index contributed by atoms with van der Waals surface area (Å²) in [6.07, 6.45) is 2.78. The second-order valence-electron chi connectivity index (χ2n) is 9.61. The van der Waals surface area contributed by atoms with Crippen LogP contribution in [0.3, 0.4) is 0 Å². The fourth-order valence-corrected chi connectivity index (χ4v) is 4.24. The molecule has 176 valence electrons. The predicted molar refractivity (Wildman–Crippen MR) is 133 cm³/mol. The molecule has 0 aliphatic carbocycles. The monoisotopic (exact) mass is 469 g/mol. The highest BCUT2D eigenvalue weighted by Crippen LogP contribution is 2.28. The van der Waals surface area contributed by atoms with Gasteiger partial charge in [-0.1, -0.05) is 23.7 Å². The molecule has 0 atom stereocenters. The summed E-state index contributed by atoms with van der Waals surface area (Å²) in [6.45, 7) is 12.9. The first-order valence-electron chi connectivity index (χ1n) is 11.4. The van der Waals surface area contributed by atoms with E-state index in [-0.39, 0.29) is 17.5 Å². The molecule has 1 aliphatic heterocycles. The quantitative estimate of drug-likeness (QED) is 0.584. The summed E-state index contributed by atoms with van der Waals surface area (Å²) < 4.78 is 1.92. The van der Waals surface area contributed by atoms with Gasteiger partial charge in [-0.3, -0.25) is 9.48 Å². The molecule has 0 spiro atoms. The third-order valence-corrected chi connectivity index (χ3v) is 6.17. The highest BCUT2D eigenvalue weighted by atomic mass is 35.5. The van der Waals surface area contributed by atoms with E-state index in [2.05, 4.69) is 50.0 Å². The van der Waals surface area contributed by atoms with E-state index in [9.17, 15) is 4.79 Å². The summed E-state index contributed by atoms with van der Waals surface area (Å²) in [4.78, 5) is 25.5. The summed E-state index contributed by atoms with van der Waals surface area (Å²) in [5.41, 5.74) is 2.49. The Labute approximate surface area is 199 Å². The molecule has 8 nitrogen and oxygen atoms in total. The fourth-order valence-electron chi connectivity index (χ4n) is 4.11. The van der Waals surface area contributed by atoms with E-state index in [1.807, 2.05) is 27.9 Å². The van der Waals surface area contributed by atoms with Crippen LogP contribution in [0.15, 0.2) is 30.5 Å². The largest absolute Gasteiger partial charge is 0.363 e. The maximum Gasteiger partial charge on any atom is 0.228 e. The van der Waals surface area contributed by atoms with Gasteiger partial charge >= 0.3 is 0 Å². The zero-order valence-corrected chi connectivity index (χ0v) is 20.7. The molecule has 3 heterocycles. The number of amides is 1. The SMILES string of the molecule is CC(=O)N1CCN(c2nc(NC(C)(C)Cc3ccc(Cl)cc3)c3nn(C(C)C)cc3n2)CC1. The number of halogens is 1. The molecular formula is C24H32ClN7O. The van der Waals surface area contributed by atoms with Gasteiger partial charge in [0.15, 0.2) is 11.3 Å². The number of nitrogens with one attached hydrogen (secondary N) is 1. The number of hydrogen-bond donors (Lipinski definition) is 1. The molecule has 0 unspecified atom stereocenters. The van der Waals surface area contributed by atoms with Crippen molar-refractivity contribution in [2.45, 2.75) is 52.6 Å². The zero-order chi connectivity index (χ0) is 23.8. The van der Waals surface area contributed by atoms with Crippen LogP contribution in [0.1, 0.15) is 46.2 Å². The molecule has 1 aromatic carbocycles. The molecule has 0 radical (unpaired) electrons. The third kappa shape index (κ3) is 5.38. The van der Waals surface area contributed by atoms with Crippen LogP contribution in [0.5, 0.6) is 0 Å². The van der Waals surface area contributed by atoms with Crippen LogP contribution < -0.4 is 10.2 Å². The number of carbonyl (C=O) groups excluding carboxylic acids is 1. The van der Waals surface area contributed by atoms with Crippen molar-refractivity contribution in [3.63, 3.8) is 0 Å². The Morgan fingerprint density at radius 3 is 2.39 bits per heavy atom. The lowest BCUT2D eigenvalue weighted by atomic mass is 9.95. The van der Waals surface area contributed by atoms with Crippen molar-refractivity contribution in [2.24, 2.45) is 0 Å². The maximum atomic E-state index is 11.7. The van der Waals surface area contributed by atoms with Gasteiger partial charge in [-0.25, -0.2) is 4.98 Å². The van der Waals surface area contributed by atoms with Gasteiger partial charge in [0.1, 0.15) is 5.52 Å². The minimum atomic E-state index is -0.276. The smallest absolute Gasteiger partial charge is 0.228 e. The number of benzene rings is 1. The van der Waals surface area contributed by atoms with Gasteiger partial charge in [0.05, 0.1) is 6.20 Å². The number of aromatic nitrogens is 4. The van der Waals surface area contributed by atoms with E-state index < -0.39 is 0 Å². The molecule has 1 saturated heterocycles.